The number of rotatable bonds is 2. The number of isothiocyanates is 1. The summed E-state index contributed by atoms with van der Waals surface area (Å²) in [6.45, 7) is 3.68. The summed E-state index contributed by atoms with van der Waals surface area (Å²) in [7, 11) is 0. The maximum absolute atomic E-state index is 13.9. The minimum atomic E-state index is -0.798. The van der Waals surface area contributed by atoms with Crippen molar-refractivity contribution in [2.24, 2.45) is 4.99 Å². The molecule has 0 fully saturated rings. The fraction of sp³-hybridized carbons (Fsp3) is 0.0500. The zero-order valence-corrected chi connectivity index (χ0v) is 13.4. The van der Waals surface area contributed by atoms with Crippen molar-refractivity contribution in [3.8, 4) is 23.8 Å². The van der Waals surface area contributed by atoms with Crippen LogP contribution in [0.15, 0.2) is 54.0 Å². The van der Waals surface area contributed by atoms with E-state index in [-0.39, 0.29) is 11.1 Å². The summed E-state index contributed by atoms with van der Waals surface area (Å²) in [5.41, 5.74) is 1.73. The molecule has 0 aliphatic carbocycles. The summed E-state index contributed by atoms with van der Waals surface area (Å²) < 4.78 is 27.8. The van der Waals surface area contributed by atoms with Crippen LogP contribution in [0.5, 0.6) is 0 Å². The van der Waals surface area contributed by atoms with Crippen molar-refractivity contribution >= 4 is 17.4 Å². The Kier molecular flexibility index (Phi) is 6.17. The number of allylic oxidation sites excluding steroid dienone is 1. The normalized spacial score (nSPS) is 8.92. The van der Waals surface area contributed by atoms with Gasteiger partial charge in [0.1, 0.15) is 11.6 Å². The number of hydrogen-bond donors (Lipinski definition) is 0. The van der Waals surface area contributed by atoms with Gasteiger partial charge >= 0.3 is 0 Å². The summed E-state index contributed by atoms with van der Waals surface area (Å²) in [5.74, 6) is 6.26. The van der Waals surface area contributed by atoms with Gasteiger partial charge in [-0.1, -0.05) is 30.0 Å². The third-order valence-corrected chi connectivity index (χ3v) is 3.10. The van der Waals surface area contributed by atoms with Crippen LogP contribution < -0.4 is 0 Å². The van der Waals surface area contributed by atoms with Gasteiger partial charge in [-0.2, -0.15) is 0 Å². The summed E-state index contributed by atoms with van der Waals surface area (Å²) in [4.78, 5) is 3.30. The van der Waals surface area contributed by atoms with E-state index in [1.807, 2.05) is 35.5 Å². The van der Waals surface area contributed by atoms with Crippen LogP contribution in [0.2, 0.25) is 0 Å². The largest absolute Gasteiger partial charge is 0.205 e. The van der Waals surface area contributed by atoms with E-state index in [0.29, 0.717) is 0 Å². The average Bonchev–Trinajstić information content (AvgIpc) is 2.57. The first-order chi connectivity index (χ1) is 11.6. The minimum absolute atomic E-state index is 0.226. The number of aliphatic imine (C=N–C) groups is 1. The molecule has 0 atom stereocenters. The Morgan fingerprint density at radius 2 is 1.62 bits per heavy atom. The first-order valence-corrected chi connectivity index (χ1v) is 7.33. The molecule has 0 N–H and O–H groups in total. The predicted molar refractivity (Wildman–Crippen MR) is 94.6 cm³/mol. The highest BCUT2D eigenvalue weighted by Gasteiger charge is 2.08. The molecule has 0 unspecified atom stereocenters. The van der Waals surface area contributed by atoms with E-state index in [1.165, 1.54) is 0 Å². The molecule has 2 rings (SSSR count). The van der Waals surface area contributed by atoms with Crippen molar-refractivity contribution in [2.45, 2.75) is 6.42 Å². The molecule has 0 heterocycles. The standard InChI is InChI=1S/C20H11F2NS/c1-2-3-15-4-6-16(7-5-15)8-9-17-12-19(21)18(20(22)13-17)10-11-23-14-24/h2,4-7,12-13H,1,3H2. The van der Waals surface area contributed by atoms with Crippen molar-refractivity contribution < 1.29 is 8.78 Å². The zero-order valence-electron chi connectivity index (χ0n) is 12.6. The van der Waals surface area contributed by atoms with Crippen LogP contribution in [0.25, 0.3) is 0 Å². The highest BCUT2D eigenvalue weighted by Crippen LogP contribution is 2.14. The molecule has 1 nitrogen and oxygen atoms in total. The summed E-state index contributed by atoms with van der Waals surface area (Å²) in [6.07, 6.45) is 2.59. The smallest absolute Gasteiger partial charge is 0.143 e. The zero-order chi connectivity index (χ0) is 17.4. The topological polar surface area (TPSA) is 12.4 Å². The molecular weight excluding hydrogens is 324 g/mol. The van der Waals surface area contributed by atoms with Gasteiger partial charge in [0.25, 0.3) is 0 Å². The van der Waals surface area contributed by atoms with Crippen molar-refractivity contribution in [3.63, 3.8) is 0 Å². The molecule has 0 saturated heterocycles. The SMILES string of the molecule is C=CCc1ccc(C#Cc2cc(F)c(C#CN=C=S)c(F)c2)cc1. The van der Waals surface area contributed by atoms with E-state index >= 15 is 0 Å². The highest BCUT2D eigenvalue weighted by molar-refractivity contribution is 7.78. The van der Waals surface area contributed by atoms with Crippen LogP contribution in [0.1, 0.15) is 22.3 Å². The lowest BCUT2D eigenvalue weighted by atomic mass is 10.1. The third kappa shape index (κ3) is 4.73. The van der Waals surface area contributed by atoms with Gasteiger partial charge in [0.15, 0.2) is 0 Å². The van der Waals surface area contributed by atoms with Crippen molar-refractivity contribution in [2.75, 3.05) is 0 Å². The molecule has 2 aromatic carbocycles. The highest BCUT2D eigenvalue weighted by atomic mass is 32.1. The Bertz CT molecular complexity index is 909. The summed E-state index contributed by atoms with van der Waals surface area (Å²) in [5, 5.41) is 2.00. The average molecular weight is 335 g/mol. The second-order valence-electron chi connectivity index (χ2n) is 4.69. The number of thiocarbonyl (C=S) groups is 1. The van der Waals surface area contributed by atoms with Gasteiger partial charge in [-0.3, -0.25) is 0 Å². The Hall–Kier alpha value is -3.04. The van der Waals surface area contributed by atoms with E-state index in [1.54, 1.807) is 0 Å². The number of hydrogen-bond acceptors (Lipinski definition) is 2. The molecule has 0 aliphatic rings. The second kappa shape index (κ2) is 8.56. The maximum Gasteiger partial charge on any atom is 0.143 e. The fourth-order valence-electron chi connectivity index (χ4n) is 1.91. The molecule has 0 saturated carbocycles. The van der Waals surface area contributed by atoms with Gasteiger partial charge in [0.2, 0.25) is 0 Å². The summed E-state index contributed by atoms with van der Waals surface area (Å²) in [6, 6.07) is 12.0. The van der Waals surface area contributed by atoms with E-state index in [9.17, 15) is 8.78 Å². The first-order valence-electron chi connectivity index (χ1n) is 6.93. The third-order valence-electron chi connectivity index (χ3n) is 3.01. The maximum atomic E-state index is 13.9. The molecule has 4 heteroatoms. The van der Waals surface area contributed by atoms with Crippen molar-refractivity contribution in [3.05, 3.63) is 82.9 Å². The monoisotopic (exact) mass is 335 g/mol. The first kappa shape index (κ1) is 17.3. The quantitative estimate of drug-likeness (QED) is 0.341. The van der Waals surface area contributed by atoms with Crippen molar-refractivity contribution in [1.82, 2.24) is 0 Å². The molecule has 0 spiro atoms. The summed E-state index contributed by atoms with van der Waals surface area (Å²) >= 11 is 4.33. The lowest BCUT2D eigenvalue weighted by Crippen LogP contribution is -1.92. The van der Waals surface area contributed by atoms with Gasteiger partial charge in [0, 0.05) is 11.1 Å². The van der Waals surface area contributed by atoms with Crippen LogP contribution in [0.3, 0.4) is 0 Å². The van der Waals surface area contributed by atoms with Crippen molar-refractivity contribution in [1.29, 1.82) is 0 Å². The number of benzene rings is 2. The number of nitrogens with zero attached hydrogens (tertiary/aromatic N) is 1. The molecule has 0 bridgehead atoms. The van der Waals surface area contributed by atoms with Gasteiger partial charge < -0.3 is 0 Å². The molecule has 24 heavy (non-hydrogen) atoms. The molecule has 0 amide bonds. The molecule has 0 radical (unpaired) electrons. The predicted octanol–water partition coefficient (Wildman–Crippen LogP) is 4.50. The van der Waals surface area contributed by atoms with Gasteiger partial charge in [0.05, 0.1) is 16.8 Å². The lowest BCUT2D eigenvalue weighted by Gasteiger charge is -1.99. The van der Waals surface area contributed by atoms with Gasteiger partial charge in [-0.05, 0) is 54.4 Å². The molecule has 2 aromatic rings. The Morgan fingerprint density at radius 1 is 1.00 bits per heavy atom. The van der Waals surface area contributed by atoms with Crippen LogP contribution in [-0.2, 0) is 6.42 Å². The van der Waals surface area contributed by atoms with E-state index < -0.39 is 11.6 Å². The van der Waals surface area contributed by atoms with Gasteiger partial charge in [-0.25, -0.2) is 8.78 Å². The van der Waals surface area contributed by atoms with E-state index in [0.717, 1.165) is 29.7 Å². The molecule has 0 aromatic heterocycles. The Morgan fingerprint density at radius 3 is 2.21 bits per heavy atom. The molecule has 116 valence electrons. The molecular formula is C20H11F2NS. The van der Waals surface area contributed by atoms with Crippen LogP contribution in [0.4, 0.5) is 8.78 Å². The van der Waals surface area contributed by atoms with E-state index in [2.05, 4.69) is 47.6 Å². The lowest BCUT2D eigenvalue weighted by molar-refractivity contribution is 0.577. The minimum Gasteiger partial charge on any atom is -0.205 e. The Labute approximate surface area is 144 Å². The van der Waals surface area contributed by atoms with Crippen LogP contribution >= 0.6 is 12.2 Å². The van der Waals surface area contributed by atoms with Crippen LogP contribution in [0, 0.1) is 35.4 Å². The second-order valence-corrected chi connectivity index (χ2v) is 4.88. The Balaban J connectivity index is 2.27. The fourth-order valence-corrected chi connectivity index (χ4v) is 1.95. The van der Waals surface area contributed by atoms with E-state index in [4.69, 9.17) is 0 Å². The van der Waals surface area contributed by atoms with Gasteiger partial charge in [-0.15, -0.1) is 11.6 Å². The van der Waals surface area contributed by atoms with Crippen LogP contribution in [-0.4, -0.2) is 5.16 Å². The number of halogens is 2. The molecule has 0 aliphatic heterocycles.